The van der Waals surface area contributed by atoms with Crippen molar-refractivity contribution in [3.8, 4) is 0 Å². The molecular weight excluding hydrogens is 347 g/mol. The number of rotatable bonds is 6. The molecule has 8 heteroatoms. The third-order valence-corrected chi connectivity index (χ3v) is 3.53. The van der Waals surface area contributed by atoms with Crippen LogP contribution in [0.1, 0.15) is 21.0 Å². The van der Waals surface area contributed by atoms with E-state index in [1.165, 1.54) is 24.3 Å². The van der Waals surface area contributed by atoms with Crippen molar-refractivity contribution in [1.82, 2.24) is 15.2 Å². The van der Waals surface area contributed by atoms with Crippen LogP contribution in [0.5, 0.6) is 0 Å². The Hall–Kier alpha value is -2.51. The summed E-state index contributed by atoms with van der Waals surface area (Å²) in [4.78, 5) is 30.3. The van der Waals surface area contributed by atoms with Gasteiger partial charge >= 0.3 is 0 Å². The Bertz CT molecular complexity index is 783. The Morgan fingerprint density at radius 2 is 1.84 bits per heavy atom. The van der Waals surface area contributed by atoms with Crippen LogP contribution in [-0.2, 0) is 0 Å². The van der Waals surface area contributed by atoms with Gasteiger partial charge in [-0.25, -0.2) is 9.37 Å². The third-order valence-electron chi connectivity index (χ3n) is 3.24. The molecule has 25 heavy (non-hydrogen) atoms. The number of benzene rings is 1. The first-order valence-electron chi connectivity index (χ1n) is 7.53. The number of aromatic nitrogens is 1. The highest BCUT2D eigenvalue weighted by atomic mass is 35.5. The van der Waals surface area contributed by atoms with Gasteiger partial charge in [0.25, 0.3) is 11.8 Å². The van der Waals surface area contributed by atoms with E-state index in [0.29, 0.717) is 18.8 Å². The minimum Gasteiger partial charge on any atom is -0.349 e. The van der Waals surface area contributed by atoms with Crippen molar-refractivity contribution in [2.75, 3.05) is 32.5 Å². The number of likely N-dealkylation sites (N-methyl/N-ethyl adjacent to an activating group) is 1. The summed E-state index contributed by atoms with van der Waals surface area (Å²) in [5.41, 5.74) is 0.545. The van der Waals surface area contributed by atoms with E-state index in [1.54, 1.807) is 6.07 Å². The van der Waals surface area contributed by atoms with Gasteiger partial charge in [-0.05, 0) is 44.4 Å². The van der Waals surface area contributed by atoms with Gasteiger partial charge in [-0.2, -0.15) is 0 Å². The number of carbonyl (C=O) groups is 2. The monoisotopic (exact) mass is 364 g/mol. The molecule has 0 radical (unpaired) electrons. The molecule has 0 bridgehead atoms. The first kappa shape index (κ1) is 18.8. The lowest BCUT2D eigenvalue weighted by Crippen LogP contribution is -2.32. The molecule has 132 valence electrons. The molecule has 0 atom stereocenters. The summed E-state index contributed by atoms with van der Waals surface area (Å²) in [5.74, 6) is -1.46. The molecule has 0 fully saturated rings. The fourth-order valence-electron chi connectivity index (χ4n) is 1.94. The Morgan fingerprint density at radius 1 is 1.16 bits per heavy atom. The smallest absolute Gasteiger partial charge is 0.274 e. The van der Waals surface area contributed by atoms with Crippen molar-refractivity contribution < 1.29 is 14.0 Å². The molecule has 0 saturated carbocycles. The van der Waals surface area contributed by atoms with E-state index in [-0.39, 0.29) is 22.3 Å². The van der Waals surface area contributed by atoms with Gasteiger partial charge in [0.15, 0.2) is 0 Å². The van der Waals surface area contributed by atoms with E-state index in [1.807, 2.05) is 19.0 Å². The van der Waals surface area contributed by atoms with Gasteiger partial charge in [-0.3, -0.25) is 9.59 Å². The highest BCUT2D eigenvalue weighted by molar-refractivity contribution is 6.31. The summed E-state index contributed by atoms with van der Waals surface area (Å²) in [6.07, 6.45) is 0. The van der Waals surface area contributed by atoms with E-state index in [9.17, 15) is 14.0 Å². The van der Waals surface area contributed by atoms with E-state index in [4.69, 9.17) is 11.6 Å². The van der Waals surface area contributed by atoms with Gasteiger partial charge in [0.2, 0.25) is 0 Å². The predicted molar refractivity (Wildman–Crippen MR) is 94.5 cm³/mol. The van der Waals surface area contributed by atoms with Crippen molar-refractivity contribution in [2.45, 2.75) is 0 Å². The second-order valence-corrected chi connectivity index (χ2v) is 5.96. The van der Waals surface area contributed by atoms with Crippen molar-refractivity contribution >= 4 is 29.1 Å². The maximum Gasteiger partial charge on any atom is 0.274 e. The molecule has 0 aliphatic carbocycles. The molecule has 0 saturated heterocycles. The Balaban J connectivity index is 2.05. The predicted octanol–water partition coefficient (Wildman–Crippen LogP) is 2.42. The van der Waals surface area contributed by atoms with E-state index >= 15 is 0 Å². The number of pyridine rings is 1. The number of nitrogens with zero attached hydrogens (tertiary/aromatic N) is 2. The number of nitrogens with one attached hydrogen (secondary N) is 2. The minimum atomic E-state index is -0.575. The molecule has 0 unspecified atom stereocenters. The molecule has 6 nitrogen and oxygen atoms in total. The van der Waals surface area contributed by atoms with Gasteiger partial charge in [0.05, 0.1) is 5.02 Å². The Kier molecular flexibility index (Phi) is 6.44. The van der Waals surface area contributed by atoms with Gasteiger partial charge in [-0.15, -0.1) is 0 Å². The van der Waals surface area contributed by atoms with Gasteiger partial charge < -0.3 is 15.5 Å². The molecule has 2 rings (SSSR count). The lowest BCUT2D eigenvalue weighted by atomic mass is 10.2. The number of hydrogen-bond acceptors (Lipinski definition) is 4. The number of amides is 2. The van der Waals surface area contributed by atoms with Crippen LogP contribution in [0, 0.1) is 5.82 Å². The maximum absolute atomic E-state index is 13.1. The molecule has 0 aliphatic rings. The summed E-state index contributed by atoms with van der Waals surface area (Å²) in [5, 5.41) is 5.19. The zero-order valence-electron chi connectivity index (χ0n) is 13.8. The molecule has 2 aromatic rings. The zero-order chi connectivity index (χ0) is 18.4. The number of halogens is 2. The molecule has 0 spiro atoms. The zero-order valence-corrected chi connectivity index (χ0v) is 14.6. The van der Waals surface area contributed by atoms with Crippen LogP contribution >= 0.6 is 11.6 Å². The van der Waals surface area contributed by atoms with Gasteiger partial charge in [0, 0.05) is 18.8 Å². The normalized spacial score (nSPS) is 10.6. The average Bonchev–Trinajstić information content (AvgIpc) is 2.58. The summed E-state index contributed by atoms with van der Waals surface area (Å²) in [7, 11) is 3.80. The standard InChI is InChI=1S/C17H18ClFN4O2/c1-23(2)9-8-20-16(24)14-4-3-5-15(22-14)17(25)21-11-6-7-13(19)12(18)10-11/h3-7,10H,8-9H2,1-2H3,(H,20,24)(H,21,25). The lowest BCUT2D eigenvalue weighted by molar-refractivity contribution is 0.0946. The van der Waals surface area contributed by atoms with Crippen LogP contribution in [0.4, 0.5) is 10.1 Å². The second kappa shape index (κ2) is 8.55. The highest BCUT2D eigenvalue weighted by Gasteiger charge is 2.13. The van der Waals surface area contributed by atoms with Crippen molar-refractivity contribution in [3.63, 3.8) is 0 Å². The van der Waals surface area contributed by atoms with E-state index < -0.39 is 11.7 Å². The Labute approximate surface area is 150 Å². The minimum absolute atomic E-state index is 0.0701. The summed E-state index contributed by atoms with van der Waals surface area (Å²) in [6, 6.07) is 8.41. The summed E-state index contributed by atoms with van der Waals surface area (Å²) in [6.45, 7) is 1.16. The van der Waals surface area contributed by atoms with Crippen LogP contribution in [-0.4, -0.2) is 48.9 Å². The van der Waals surface area contributed by atoms with Crippen molar-refractivity contribution in [1.29, 1.82) is 0 Å². The van der Waals surface area contributed by atoms with Gasteiger partial charge in [0.1, 0.15) is 17.2 Å². The maximum atomic E-state index is 13.1. The molecule has 0 aliphatic heterocycles. The summed E-state index contributed by atoms with van der Waals surface area (Å²) < 4.78 is 13.1. The first-order valence-corrected chi connectivity index (χ1v) is 7.91. The highest BCUT2D eigenvalue weighted by Crippen LogP contribution is 2.19. The molecule has 1 heterocycles. The van der Waals surface area contributed by atoms with Crippen LogP contribution in [0.3, 0.4) is 0 Å². The Morgan fingerprint density at radius 3 is 2.48 bits per heavy atom. The SMILES string of the molecule is CN(C)CCNC(=O)c1cccc(C(=O)Nc2ccc(F)c(Cl)c2)n1. The first-order chi connectivity index (χ1) is 11.9. The van der Waals surface area contributed by atoms with Crippen LogP contribution < -0.4 is 10.6 Å². The van der Waals surface area contributed by atoms with Gasteiger partial charge in [-0.1, -0.05) is 17.7 Å². The summed E-state index contributed by atoms with van der Waals surface area (Å²) >= 11 is 5.68. The van der Waals surface area contributed by atoms with E-state index in [0.717, 1.165) is 6.07 Å². The second-order valence-electron chi connectivity index (χ2n) is 5.55. The fraction of sp³-hybridized carbons (Fsp3) is 0.235. The van der Waals surface area contributed by atoms with E-state index in [2.05, 4.69) is 15.6 Å². The van der Waals surface area contributed by atoms with Crippen LogP contribution in [0.25, 0.3) is 0 Å². The number of anilines is 1. The number of carbonyl (C=O) groups excluding carboxylic acids is 2. The third kappa shape index (κ3) is 5.51. The largest absolute Gasteiger partial charge is 0.349 e. The van der Waals surface area contributed by atoms with Crippen molar-refractivity contribution in [3.05, 3.63) is 58.6 Å². The van der Waals surface area contributed by atoms with Crippen LogP contribution in [0.15, 0.2) is 36.4 Å². The molecular formula is C17H18ClFN4O2. The molecule has 1 aromatic carbocycles. The van der Waals surface area contributed by atoms with Crippen molar-refractivity contribution in [2.24, 2.45) is 0 Å². The quantitative estimate of drug-likeness (QED) is 0.825. The number of hydrogen-bond donors (Lipinski definition) is 2. The molecule has 1 aromatic heterocycles. The topological polar surface area (TPSA) is 74.3 Å². The fourth-order valence-corrected chi connectivity index (χ4v) is 2.12. The molecule has 2 amide bonds. The average molecular weight is 365 g/mol. The molecule has 2 N–H and O–H groups in total. The van der Waals surface area contributed by atoms with Crippen LogP contribution in [0.2, 0.25) is 5.02 Å². The lowest BCUT2D eigenvalue weighted by Gasteiger charge is -2.10.